The molecule has 1 fully saturated rings. The van der Waals surface area contributed by atoms with Crippen LogP contribution in [0.5, 0.6) is 0 Å². The van der Waals surface area contributed by atoms with Gasteiger partial charge in [0, 0.05) is 31.7 Å². The molecule has 0 bridgehead atoms. The minimum atomic E-state index is -1.29. The zero-order valence-corrected chi connectivity index (χ0v) is 17.4. The summed E-state index contributed by atoms with van der Waals surface area (Å²) in [6, 6.07) is 16.9. The number of likely N-dealkylation sites (tertiary alicyclic amines) is 1. The van der Waals surface area contributed by atoms with Crippen molar-refractivity contribution in [3.8, 4) is 11.1 Å². The van der Waals surface area contributed by atoms with Gasteiger partial charge >= 0.3 is 17.8 Å². The molecule has 2 aromatic carbocycles. The maximum absolute atomic E-state index is 12.1. The molecule has 1 spiro atoms. The number of rotatable bonds is 4. The molecular formula is C26H25NO4. The Labute approximate surface area is 182 Å². The molecule has 0 amide bonds. The first-order valence-corrected chi connectivity index (χ1v) is 10.9. The van der Waals surface area contributed by atoms with Crippen molar-refractivity contribution in [2.24, 2.45) is 0 Å². The molecule has 0 N–H and O–H groups in total. The van der Waals surface area contributed by atoms with Gasteiger partial charge in [-0.2, -0.15) is 0 Å². The van der Waals surface area contributed by atoms with Gasteiger partial charge in [0.15, 0.2) is 0 Å². The summed E-state index contributed by atoms with van der Waals surface area (Å²) in [5, 5.41) is 0. The Morgan fingerprint density at radius 3 is 2.39 bits per heavy atom. The predicted octanol–water partition coefficient (Wildman–Crippen LogP) is 4.48. The molecule has 31 heavy (non-hydrogen) atoms. The Morgan fingerprint density at radius 2 is 1.61 bits per heavy atom. The minimum absolute atomic E-state index is 0.500. The van der Waals surface area contributed by atoms with Crippen LogP contribution in [0.25, 0.3) is 16.7 Å². The van der Waals surface area contributed by atoms with Gasteiger partial charge in [-0.25, -0.2) is 14.5 Å². The van der Waals surface area contributed by atoms with E-state index in [1.54, 1.807) is 0 Å². The second kappa shape index (κ2) is 8.16. The van der Waals surface area contributed by atoms with Crippen molar-refractivity contribution < 1.29 is 19.1 Å². The van der Waals surface area contributed by atoms with Crippen LogP contribution >= 0.6 is 0 Å². The summed E-state index contributed by atoms with van der Waals surface area (Å²) in [5.41, 5.74) is 6.43. The predicted molar refractivity (Wildman–Crippen MR) is 118 cm³/mol. The fraction of sp³-hybridized carbons (Fsp3) is 0.308. The lowest BCUT2D eigenvalue weighted by Crippen LogP contribution is -2.56. The van der Waals surface area contributed by atoms with Crippen molar-refractivity contribution in [3.63, 3.8) is 0 Å². The Bertz CT molecular complexity index is 1050. The molecule has 1 saturated heterocycles. The molecule has 5 rings (SSSR count). The highest BCUT2D eigenvalue weighted by molar-refractivity contribution is 5.93. The Kier molecular flexibility index (Phi) is 5.20. The van der Waals surface area contributed by atoms with E-state index in [2.05, 4.69) is 48.5 Å². The number of fused-ring (bicyclic) bond motifs is 1. The highest BCUT2D eigenvalue weighted by Gasteiger charge is 2.47. The van der Waals surface area contributed by atoms with E-state index in [1.165, 1.54) is 27.8 Å². The fourth-order valence-electron chi connectivity index (χ4n) is 4.86. The summed E-state index contributed by atoms with van der Waals surface area (Å²) in [4.78, 5) is 26.1. The molecule has 3 aliphatic rings. The molecule has 0 atom stereocenters. The van der Waals surface area contributed by atoms with Crippen molar-refractivity contribution in [1.29, 1.82) is 0 Å². The molecular weight excluding hydrogens is 390 g/mol. The second-order valence-electron chi connectivity index (χ2n) is 8.21. The number of allylic oxidation sites excluding steroid dienone is 1. The third kappa shape index (κ3) is 3.81. The monoisotopic (exact) mass is 415 g/mol. The SMILES string of the molecule is O=C1C=CC(=O)OC2(CCCCN2CCC2=CCc3c2cccc3-c2ccccc2)O1. The molecule has 0 radical (unpaired) electrons. The maximum Gasteiger partial charge on any atom is 0.335 e. The molecule has 2 heterocycles. The van der Waals surface area contributed by atoms with Gasteiger partial charge in [-0.15, -0.1) is 0 Å². The first kappa shape index (κ1) is 19.8. The van der Waals surface area contributed by atoms with E-state index in [0.29, 0.717) is 13.0 Å². The summed E-state index contributed by atoms with van der Waals surface area (Å²) in [7, 11) is 0. The average molecular weight is 415 g/mol. The van der Waals surface area contributed by atoms with E-state index in [1.807, 2.05) is 11.0 Å². The Hall–Kier alpha value is -3.18. The number of benzene rings is 2. The van der Waals surface area contributed by atoms with Gasteiger partial charge < -0.3 is 9.47 Å². The standard InChI is InChI=1S/C26H25NO4/c28-24-13-14-25(29)31-26(30-24)16-4-5-17-27(26)18-15-20-11-12-23-21(9-6-10-22(20)23)19-7-2-1-3-8-19/h1-3,6-11,13-14H,4-5,12,15-18H2. The molecule has 5 nitrogen and oxygen atoms in total. The lowest BCUT2D eigenvalue weighted by Gasteiger charge is -2.43. The van der Waals surface area contributed by atoms with Crippen LogP contribution in [0.2, 0.25) is 0 Å². The quantitative estimate of drug-likeness (QED) is 0.689. The number of esters is 2. The van der Waals surface area contributed by atoms with Gasteiger partial charge in [-0.1, -0.05) is 54.6 Å². The highest BCUT2D eigenvalue weighted by atomic mass is 16.8. The summed E-state index contributed by atoms with van der Waals surface area (Å²) < 4.78 is 11.2. The highest BCUT2D eigenvalue weighted by Crippen LogP contribution is 2.38. The van der Waals surface area contributed by atoms with Crippen LogP contribution in [0, 0.1) is 0 Å². The van der Waals surface area contributed by atoms with Crippen molar-refractivity contribution in [3.05, 3.63) is 77.9 Å². The molecule has 2 aliphatic heterocycles. The van der Waals surface area contributed by atoms with Crippen molar-refractivity contribution >= 4 is 17.5 Å². The lowest BCUT2D eigenvalue weighted by atomic mass is 9.94. The number of carbonyl (C=O) groups is 2. The molecule has 2 aromatic rings. The zero-order valence-electron chi connectivity index (χ0n) is 17.4. The van der Waals surface area contributed by atoms with Crippen molar-refractivity contribution in [2.75, 3.05) is 13.1 Å². The fourth-order valence-corrected chi connectivity index (χ4v) is 4.86. The maximum atomic E-state index is 12.1. The number of carbonyl (C=O) groups excluding carboxylic acids is 2. The number of hydrogen-bond acceptors (Lipinski definition) is 5. The minimum Gasteiger partial charge on any atom is -0.405 e. The Morgan fingerprint density at radius 1 is 0.871 bits per heavy atom. The van der Waals surface area contributed by atoms with Crippen molar-refractivity contribution in [2.45, 2.75) is 38.0 Å². The van der Waals surface area contributed by atoms with Crippen LogP contribution in [-0.2, 0) is 25.5 Å². The van der Waals surface area contributed by atoms with E-state index in [4.69, 9.17) is 9.47 Å². The summed E-state index contributed by atoms with van der Waals surface area (Å²) in [6.45, 7) is 1.38. The topological polar surface area (TPSA) is 55.8 Å². The second-order valence-corrected chi connectivity index (χ2v) is 8.21. The van der Waals surface area contributed by atoms with Gasteiger partial charge in [-0.05, 0) is 53.5 Å². The largest absolute Gasteiger partial charge is 0.405 e. The van der Waals surface area contributed by atoms with E-state index < -0.39 is 17.8 Å². The normalized spacial score (nSPS) is 20.1. The first-order chi connectivity index (χ1) is 15.1. The van der Waals surface area contributed by atoms with Gasteiger partial charge in [0.1, 0.15) is 0 Å². The van der Waals surface area contributed by atoms with Crippen LogP contribution in [0.15, 0.2) is 66.8 Å². The molecule has 0 saturated carbocycles. The number of ether oxygens (including phenoxy) is 2. The van der Waals surface area contributed by atoms with Crippen LogP contribution in [0.1, 0.15) is 36.8 Å². The molecule has 0 aromatic heterocycles. The number of piperidine rings is 1. The number of nitrogens with zero attached hydrogens (tertiary/aromatic N) is 1. The third-order valence-electron chi connectivity index (χ3n) is 6.34. The van der Waals surface area contributed by atoms with Crippen LogP contribution in [0.4, 0.5) is 0 Å². The van der Waals surface area contributed by atoms with E-state index in [9.17, 15) is 9.59 Å². The van der Waals surface area contributed by atoms with Gasteiger partial charge in [-0.3, -0.25) is 0 Å². The van der Waals surface area contributed by atoms with E-state index >= 15 is 0 Å². The average Bonchev–Trinajstić information content (AvgIpc) is 3.14. The molecule has 1 aliphatic carbocycles. The van der Waals surface area contributed by atoms with Crippen LogP contribution < -0.4 is 0 Å². The zero-order chi connectivity index (χ0) is 21.3. The number of hydrogen-bond donors (Lipinski definition) is 0. The van der Waals surface area contributed by atoms with E-state index in [0.717, 1.165) is 44.4 Å². The summed E-state index contributed by atoms with van der Waals surface area (Å²) >= 11 is 0. The third-order valence-corrected chi connectivity index (χ3v) is 6.34. The smallest absolute Gasteiger partial charge is 0.335 e. The lowest BCUT2D eigenvalue weighted by molar-refractivity contribution is -0.293. The van der Waals surface area contributed by atoms with Crippen molar-refractivity contribution in [1.82, 2.24) is 4.90 Å². The summed E-state index contributed by atoms with van der Waals surface area (Å²) in [5.74, 6) is -2.35. The molecule has 0 unspecified atom stereocenters. The van der Waals surface area contributed by atoms with E-state index in [-0.39, 0.29) is 0 Å². The summed E-state index contributed by atoms with van der Waals surface area (Å²) in [6.07, 6.45) is 8.63. The molecule has 5 heteroatoms. The molecule has 158 valence electrons. The van der Waals surface area contributed by atoms with Crippen LogP contribution in [0.3, 0.4) is 0 Å². The Balaban J connectivity index is 1.35. The van der Waals surface area contributed by atoms with Gasteiger partial charge in [0.2, 0.25) is 0 Å². The van der Waals surface area contributed by atoms with Crippen LogP contribution in [-0.4, -0.2) is 35.8 Å². The van der Waals surface area contributed by atoms with Gasteiger partial charge in [0.05, 0.1) is 0 Å². The first-order valence-electron chi connectivity index (χ1n) is 10.9. The van der Waals surface area contributed by atoms with Gasteiger partial charge in [0.25, 0.3) is 0 Å².